The first kappa shape index (κ1) is 17.7. The molecule has 134 valence electrons. The van der Waals surface area contributed by atoms with Gasteiger partial charge in [-0.1, -0.05) is 24.3 Å². The molecule has 1 atom stereocenters. The Kier molecular flexibility index (Phi) is 5.06. The third-order valence-electron chi connectivity index (χ3n) is 4.07. The smallest absolute Gasteiger partial charge is 0.200 e. The molecule has 26 heavy (non-hydrogen) atoms. The summed E-state index contributed by atoms with van der Waals surface area (Å²) in [6.07, 6.45) is 3.68. The zero-order valence-electron chi connectivity index (χ0n) is 14.8. The van der Waals surface area contributed by atoms with Crippen molar-refractivity contribution in [2.75, 3.05) is 21.3 Å². The highest BCUT2D eigenvalue weighted by Gasteiger charge is 2.10. The number of pyridine rings is 1. The third-order valence-corrected chi connectivity index (χ3v) is 4.07. The number of nitrogens with zero attached hydrogens (tertiary/aromatic N) is 1. The van der Waals surface area contributed by atoms with Crippen LogP contribution in [0.5, 0.6) is 17.2 Å². The monoisotopic (exact) mass is 352 g/mol. The van der Waals surface area contributed by atoms with E-state index in [0.29, 0.717) is 22.7 Å². The number of phenolic OH excluding ortho intramolecular Hbond substituents is 1. The Hall–Kier alpha value is -3.09. The van der Waals surface area contributed by atoms with Gasteiger partial charge in [0.25, 0.3) is 0 Å². The quantitative estimate of drug-likeness (QED) is 0.690. The molecule has 1 heterocycles. The van der Waals surface area contributed by atoms with Crippen LogP contribution in [-0.2, 0) is 0 Å². The molecule has 0 fully saturated rings. The van der Waals surface area contributed by atoms with Gasteiger partial charge < -0.3 is 24.9 Å². The highest BCUT2D eigenvalue weighted by atomic mass is 16.5. The van der Waals surface area contributed by atoms with Crippen molar-refractivity contribution in [3.63, 3.8) is 0 Å². The summed E-state index contributed by atoms with van der Waals surface area (Å²) in [4.78, 5) is 4.59. The number of aromatic hydroxyl groups is 1. The number of benzene rings is 2. The molecule has 0 spiro atoms. The number of hydrogen-bond donors (Lipinski definition) is 2. The maximum Gasteiger partial charge on any atom is 0.200 e. The second kappa shape index (κ2) is 7.43. The minimum Gasteiger partial charge on any atom is -0.629 e. The molecular weight excluding hydrogens is 332 g/mol. The average Bonchev–Trinajstić information content (AvgIpc) is 2.66. The van der Waals surface area contributed by atoms with E-state index in [1.165, 1.54) is 21.3 Å². The number of quaternary nitrogens is 1. The van der Waals surface area contributed by atoms with Gasteiger partial charge in [-0.25, -0.2) is 4.98 Å². The van der Waals surface area contributed by atoms with Gasteiger partial charge in [0.15, 0.2) is 17.2 Å². The van der Waals surface area contributed by atoms with E-state index in [-0.39, 0.29) is 10.8 Å². The summed E-state index contributed by atoms with van der Waals surface area (Å²) in [5.41, 5.74) is 2.80. The molecule has 0 aliphatic rings. The van der Waals surface area contributed by atoms with E-state index in [4.69, 9.17) is 9.47 Å². The van der Waals surface area contributed by atoms with Crippen LogP contribution in [0.3, 0.4) is 0 Å². The number of fused-ring (bicyclic) bond motifs is 1. The Balaban J connectivity index is 2.00. The minimum atomic E-state index is -0.0397. The van der Waals surface area contributed by atoms with Gasteiger partial charge in [0, 0.05) is 11.5 Å². The zero-order valence-corrected chi connectivity index (χ0v) is 14.8. The SMILES string of the molecule is COc1cc(/C=C/c2ccc3cccc([NH+](C)[O-])c3n2)cc(OC)c1O. The van der Waals surface area contributed by atoms with Gasteiger partial charge in [-0.2, -0.15) is 0 Å². The largest absolute Gasteiger partial charge is 0.629 e. The molecule has 0 aliphatic heterocycles. The molecule has 0 saturated carbocycles. The molecule has 3 rings (SSSR count). The fraction of sp³-hybridized carbons (Fsp3) is 0.150. The first-order chi connectivity index (χ1) is 12.5. The van der Waals surface area contributed by atoms with Crippen LogP contribution in [-0.4, -0.2) is 31.4 Å². The van der Waals surface area contributed by atoms with E-state index in [9.17, 15) is 10.3 Å². The van der Waals surface area contributed by atoms with E-state index < -0.39 is 0 Å². The summed E-state index contributed by atoms with van der Waals surface area (Å²) in [7, 11) is 4.50. The van der Waals surface area contributed by atoms with Gasteiger partial charge >= 0.3 is 0 Å². The lowest BCUT2D eigenvalue weighted by Crippen LogP contribution is -2.98. The molecule has 1 aromatic heterocycles. The van der Waals surface area contributed by atoms with Crippen molar-refractivity contribution < 1.29 is 19.6 Å². The second-order valence-corrected chi connectivity index (χ2v) is 5.78. The Morgan fingerprint density at radius 3 is 2.35 bits per heavy atom. The van der Waals surface area contributed by atoms with Gasteiger partial charge in [0.1, 0.15) is 5.52 Å². The van der Waals surface area contributed by atoms with Crippen molar-refractivity contribution in [1.82, 2.24) is 4.98 Å². The lowest BCUT2D eigenvalue weighted by atomic mass is 10.1. The van der Waals surface area contributed by atoms with Gasteiger partial charge in [0.05, 0.1) is 27.0 Å². The first-order valence-corrected chi connectivity index (χ1v) is 8.07. The molecule has 3 aromatic rings. The van der Waals surface area contributed by atoms with E-state index in [0.717, 1.165) is 16.6 Å². The minimum absolute atomic E-state index is 0.0164. The highest BCUT2D eigenvalue weighted by molar-refractivity contribution is 5.88. The summed E-state index contributed by atoms with van der Waals surface area (Å²) >= 11 is 0. The summed E-state index contributed by atoms with van der Waals surface area (Å²) < 4.78 is 10.3. The Labute approximate surface area is 151 Å². The number of nitrogens with one attached hydrogen (secondary N) is 1. The van der Waals surface area contributed by atoms with Gasteiger partial charge in [-0.05, 0) is 29.8 Å². The molecule has 1 unspecified atom stereocenters. The van der Waals surface area contributed by atoms with E-state index in [1.54, 1.807) is 18.2 Å². The first-order valence-electron chi connectivity index (χ1n) is 8.07. The lowest BCUT2D eigenvalue weighted by molar-refractivity contribution is -0.750. The number of hydrogen-bond acceptors (Lipinski definition) is 5. The topological polar surface area (TPSA) is 79.1 Å². The number of para-hydroxylation sites is 1. The summed E-state index contributed by atoms with van der Waals surface area (Å²) in [5.74, 6) is 0.616. The van der Waals surface area contributed by atoms with Crippen molar-refractivity contribution in [2.45, 2.75) is 0 Å². The zero-order chi connectivity index (χ0) is 18.7. The van der Waals surface area contributed by atoms with Crippen LogP contribution < -0.4 is 14.5 Å². The van der Waals surface area contributed by atoms with E-state index >= 15 is 0 Å². The molecule has 0 radical (unpaired) electrons. The Morgan fingerprint density at radius 2 is 1.73 bits per heavy atom. The van der Waals surface area contributed by atoms with Crippen molar-refractivity contribution in [3.05, 3.63) is 58.9 Å². The summed E-state index contributed by atoms with van der Waals surface area (Å²) in [5, 5.41) is 22.7. The number of hydroxylamine groups is 1. The molecule has 0 amide bonds. The van der Waals surface area contributed by atoms with Crippen LogP contribution in [0, 0.1) is 5.21 Å². The number of ether oxygens (including phenoxy) is 2. The average molecular weight is 352 g/mol. The molecule has 0 bridgehead atoms. The molecule has 2 aromatic carbocycles. The molecule has 2 N–H and O–H groups in total. The van der Waals surface area contributed by atoms with Crippen LogP contribution >= 0.6 is 0 Å². The number of rotatable bonds is 5. The number of phenols is 1. The lowest BCUT2D eigenvalue weighted by Gasteiger charge is -2.16. The number of aromatic nitrogens is 1. The maximum atomic E-state index is 11.8. The third kappa shape index (κ3) is 3.46. The molecule has 6 nitrogen and oxygen atoms in total. The molecule has 0 saturated heterocycles. The predicted molar refractivity (Wildman–Crippen MR) is 102 cm³/mol. The Morgan fingerprint density at radius 1 is 1.04 bits per heavy atom. The Bertz CT molecular complexity index is 942. The molecule has 6 heteroatoms. The van der Waals surface area contributed by atoms with Crippen molar-refractivity contribution in [3.8, 4) is 17.2 Å². The second-order valence-electron chi connectivity index (χ2n) is 5.78. The fourth-order valence-electron chi connectivity index (χ4n) is 2.73. The van der Waals surface area contributed by atoms with Gasteiger partial charge in [0.2, 0.25) is 5.75 Å². The predicted octanol–water partition coefficient (Wildman–Crippen LogP) is 2.77. The normalized spacial score (nSPS) is 12.5. The fourth-order valence-corrected chi connectivity index (χ4v) is 2.73. The standard InChI is InChI=1S/C20H20N2O4/c1-22(24)16-6-4-5-14-8-10-15(21-19(14)16)9-7-13-11-17(25-2)20(23)18(12-13)26-3/h4-12,22-23H,1-3H3/b9-7+. The van der Waals surface area contributed by atoms with Crippen LogP contribution in [0.25, 0.3) is 23.1 Å². The highest BCUT2D eigenvalue weighted by Crippen LogP contribution is 2.37. The van der Waals surface area contributed by atoms with Crippen LogP contribution in [0.1, 0.15) is 11.3 Å². The van der Waals surface area contributed by atoms with E-state index in [2.05, 4.69) is 4.98 Å². The summed E-state index contributed by atoms with van der Waals surface area (Å²) in [6.45, 7) is 0. The van der Waals surface area contributed by atoms with Crippen LogP contribution in [0.15, 0.2) is 42.5 Å². The van der Waals surface area contributed by atoms with Gasteiger partial charge in [-0.3, -0.25) is 0 Å². The van der Waals surface area contributed by atoms with Crippen LogP contribution in [0.2, 0.25) is 0 Å². The van der Waals surface area contributed by atoms with E-state index in [1.807, 2.05) is 36.4 Å². The van der Waals surface area contributed by atoms with Crippen molar-refractivity contribution in [1.29, 1.82) is 0 Å². The summed E-state index contributed by atoms with van der Waals surface area (Å²) in [6, 6.07) is 12.8. The molecule has 0 aliphatic carbocycles. The van der Waals surface area contributed by atoms with Gasteiger partial charge in [-0.15, -0.1) is 0 Å². The van der Waals surface area contributed by atoms with Crippen LogP contribution in [0.4, 0.5) is 5.69 Å². The molecular formula is C20H20N2O4. The maximum absolute atomic E-state index is 11.8. The number of methoxy groups -OCH3 is 2. The van der Waals surface area contributed by atoms with Crippen molar-refractivity contribution >= 4 is 28.7 Å². The van der Waals surface area contributed by atoms with Crippen molar-refractivity contribution in [2.24, 2.45) is 0 Å².